The molecule has 1 aliphatic heterocycles. The largest absolute Gasteiger partial charge is 0.395 e. The number of aliphatic hydroxyl groups excluding tert-OH is 1. The van der Waals surface area contributed by atoms with Crippen LogP contribution in [-0.4, -0.2) is 29.2 Å². The molecular formula is C13H15FN2O. The van der Waals surface area contributed by atoms with Crippen molar-refractivity contribution in [3.05, 3.63) is 35.1 Å². The van der Waals surface area contributed by atoms with Crippen molar-refractivity contribution in [2.24, 2.45) is 0 Å². The monoisotopic (exact) mass is 234 g/mol. The number of aliphatic hydroxyl groups is 1. The average molecular weight is 234 g/mol. The van der Waals surface area contributed by atoms with Crippen molar-refractivity contribution < 1.29 is 9.50 Å². The van der Waals surface area contributed by atoms with E-state index in [1.807, 2.05) is 6.07 Å². The summed E-state index contributed by atoms with van der Waals surface area (Å²) in [4.78, 5) is 2.13. The molecule has 1 saturated heterocycles. The maximum absolute atomic E-state index is 13.2. The molecule has 1 aliphatic rings. The van der Waals surface area contributed by atoms with E-state index in [0.717, 1.165) is 24.9 Å². The van der Waals surface area contributed by atoms with Crippen molar-refractivity contribution in [1.29, 1.82) is 5.26 Å². The van der Waals surface area contributed by atoms with E-state index in [0.29, 0.717) is 12.1 Å². The normalized spacial score (nSPS) is 20.4. The van der Waals surface area contributed by atoms with Crippen LogP contribution in [0.2, 0.25) is 0 Å². The van der Waals surface area contributed by atoms with E-state index in [-0.39, 0.29) is 18.5 Å². The second kappa shape index (κ2) is 5.26. The number of nitriles is 1. The first-order valence-corrected chi connectivity index (χ1v) is 5.77. The number of hydrogen-bond acceptors (Lipinski definition) is 3. The minimum atomic E-state index is -0.376. The minimum absolute atomic E-state index is 0.139. The second-order valence-electron chi connectivity index (χ2n) is 4.41. The van der Waals surface area contributed by atoms with Crippen LogP contribution in [-0.2, 0) is 6.54 Å². The lowest BCUT2D eigenvalue weighted by Gasteiger charge is -2.22. The lowest BCUT2D eigenvalue weighted by Crippen LogP contribution is -2.31. The number of rotatable bonds is 3. The van der Waals surface area contributed by atoms with Gasteiger partial charge in [0, 0.05) is 12.6 Å². The summed E-state index contributed by atoms with van der Waals surface area (Å²) in [6.45, 7) is 1.65. The van der Waals surface area contributed by atoms with Crippen LogP contribution in [0.25, 0.3) is 0 Å². The first-order chi connectivity index (χ1) is 8.22. The summed E-state index contributed by atoms with van der Waals surface area (Å²) in [5.41, 5.74) is 1.14. The molecule has 0 aliphatic carbocycles. The van der Waals surface area contributed by atoms with Crippen molar-refractivity contribution in [1.82, 2.24) is 4.90 Å². The van der Waals surface area contributed by atoms with Gasteiger partial charge in [-0.15, -0.1) is 0 Å². The highest BCUT2D eigenvalue weighted by Gasteiger charge is 2.23. The molecule has 0 saturated carbocycles. The van der Waals surface area contributed by atoms with Crippen LogP contribution in [0.5, 0.6) is 0 Å². The number of benzene rings is 1. The van der Waals surface area contributed by atoms with Crippen LogP contribution in [0.3, 0.4) is 0 Å². The third kappa shape index (κ3) is 2.82. The molecule has 0 radical (unpaired) electrons. The summed E-state index contributed by atoms with van der Waals surface area (Å²) in [7, 11) is 0. The lowest BCUT2D eigenvalue weighted by atomic mass is 10.1. The van der Waals surface area contributed by atoms with Crippen LogP contribution >= 0.6 is 0 Å². The second-order valence-corrected chi connectivity index (χ2v) is 4.41. The smallest absolute Gasteiger partial charge is 0.124 e. The van der Waals surface area contributed by atoms with Crippen molar-refractivity contribution in [2.45, 2.75) is 25.4 Å². The highest BCUT2D eigenvalue weighted by Crippen LogP contribution is 2.20. The third-order valence-electron chi connectivity index (χ3n) is 3.18. The summed E-state index contributed by atoms with van der Waals surface area (Å²) < 4.78 is 13.2. The molecule has 17 heavy (non-hydrogen) atoms. The van der Waals surface area contributed by atoms with Crippen molar-refractivity contribution in [2.75, 3.05) is 13.2 Å². The molecule has 1 aromatic rings. The van der Waals surface area contributed by atoms with E-state index in [9.17, 15) is 9.50 Å². The van der Waals surface area contributed by atoms with Crippen molar-refractivity contribution in [3.63, 3.8) is 0 Å². The number of hydrogen-bond donors (Lipinski definition) is 1. The van der Waals surface area contributed by atoms with Gasteiger partial charge in [0.1, 0.15) is 5.82 Å². The minimum Gasteiger partial charge on any atom is -0.395 e. The number of nitrogens with zero attached hydrogens (tertiary/aromatic N) is 2. The van der Waals surface area contributed by atoms with Crippen LogP contribution in [0.4, 0.5) is 4.39 Å². The third-order valence-corrected chi connectivity index (χ3v) is 3.18. The summed E-state index contributed by atoms with van der Waals surface area (Å²) in [5.74, 6) is -0.376. The zero-order chi connectivity index (χ0) is 12.3. The van der Waals surface area contributed by atoms with E-state index in [2.05, 4.69) is 4.90 Å². The Hall–Kier alpha value is -1.44. The Labute approximate surface area is 100 Å². The van der Waals surface area contributed by atoms with Crippen LogP contribution in [0, 0.1) is 17.1 Å². The summed E-state index contributed by atoms with van der Waals surface area (Å²) in [6, 6.07) is 6.51. The molecule has 3 nitrogen and oxygen atoms in total. The quantitative estimate of drug-likeness (QED) is 0.865. The summed E-state index contributed by atoms with van der Waals surface area (Å²) in [5, 5.41) is 18.0. The molecule has 90 valence electrons. The maximum Gasteiger partial charge on any atom is 0.124 e. The predicted octanol–water partition coefficient (Wildman–Crippen LogP) is 1.65. The standard InChI is InChI=1S/C13H15FN2O/c14-12-5-10(7-15)4-11(6-12)8-16-3-1-2-13(16)9-17/h4-6,13,17H,1-3,8-9H2/t13-/m0/s1. The molecule has 2 rings (SSSR count). The molecule has 0 amide bonds. The molecule has 4 heteroatoms. The van der Waals surface area contributed by atoms with Gasteiger partial charge in [0.2, 0.25) is 0 Å². The fraction of sp³-hybridized carbons (Fsp3) is 0.462. The Morgan fingerprint density at radius 2 is 2.29 bits per heavy atom. The Balaban J connectivity index is 2.13. The fourth-order valence-electron chi connectivity index (χ4n) is 2.35. The van der Waals surface area contributed by atoms with Crippen LogP contribution in [0.15, 0.2) is 18.2 Å². The van der Waals surface area contributed by atoms with E-state index < -0.39 is 0 Å². The number of halogens is 1. The van der Waals surface area contributed by atoms with Crippen LogP contribution in [0.1, 0.15) is 24.0 Å². The Kier molecular flexibility index (Phi) is 3.72. The van der Waals surface area contributed by atoms with Gasteiger partial charge in [0.15, 0.2) is 0 Å². The molecule has 1 fully saturated rings. The predicted molar refractivity (Wildman–Crippen MR) is 61.6 cm³/mol. The molecule has 1 heterocycles. The highest BCUT2D eigenvalue weighted by molar-refractivity contribution is 5.33. The molecule has 1 aromatic carbocycles. The molecule has 0 unspecified atom stereocenters. The van der Waals surface area contributed by atoms with Gasteiger partial charge in [-0.25, -0.2) is 4.39 Å². The van der Waals surface area contributed by atoms with Gasteiger partial charge >= 0.3 is 0 Å². The highest BCUT2D eigenvalue weighted by atomic mass is 19.1. The Bertz CT molecular complexity index is 442. The van der Waals surface area contributed by atoms with Crippen LogP contribution < -0.4 is 0 Å². The van der Waals surface area contributed by atoms with E-state index in [4.69, 9.17) is 5.26 Å². The SMILES string of the molecule is N#Cc1cc(F)cc(CN2CCC[C@H]2CO)c1. The van der Waals surface area contributed by atoms with Crippen molar-refractivity contribution in [3.8, 4) is 6.07 Å². The van der Waals surface area contributed by atoms with Gasteiger partial charge in [-0.05, 0) is 43.1 Å². The van der Waals surface area contributed by atoms with Gasteiger partial charge < -0.3 is 5.11 Å². The lowest BCUT2D eigenvalue weighted by molar-refractivity contribution is 0.153. The molecular weight excluding hydrogens is 219 g/mol. The maximum atomic E-state index is 13.2. The molecule has 0 spiro atoms. The number of likely N-dealkylation sites (tertiary alicyclic amines) is 1. The molecule has 0 aromatic heterocycles. The fourth-order valence-corrected chi connectivity index (χ4v) is 2.35. The first kappa shape index (κ1) is 12.0. The average Bonchev–Trinajstić information content (AvgIpc) is 2.75. The topological polar surface area (TPSA) is 47.3 Å². The van der Waals surface area contributed by atoms with E-state index >= 15 is 0 Å². The van der Waals surface area contributed by atoms with Gasteiger partial charge in [-0.1, -0.05) is 0 Å². The van der Waals surface area contributed by atoms with E-state index in [1.165, 1.54) is 12.1 Å². The summed E-state index contributed by atoms with van der Waals surface area (Å²) in [6.07, 6.45) is 2.04. The van der Waals surface area contributed by atoms with Gasteiger partial charge in [-0.2, -0.15) is 5.26 Å². The van der Waals surface area contributed by atoms with Gasteiger partial charge in [0.05, 0.1) is 18.2 Å². The van der Waals surface area contributed by atoms with Gasteiger partial charge in [-0.3, -0.25) is 4.90 Å². The summed E-state index contributed by atoms with van der Waals surface area (Å²) >= 11 is 0. The van der Waals surface area contributed by atoms with E-state index in [1.54, 1.807) is 6.07 Å². The molecule has 1 atom stereocenters. The van der Waals surface area contributed by atoms with Gasteiger partial charge in [0.25, 0.3) is 0 Å². The molecule has 1 N–H and O–H groups in total. The molecule has 0 bridgehead atoms. The Morgan fingerprint density at radius 1 is 1.47 bits per heavy atom. The zero-order valence-electron chi connectivity index (χ0n) is 9.56. The van der Waals surface area contributed by atoms with Crippen molar-refractivity contribution >= 4 is 0 Å². The zero-order valence-corrected chi connectivity index (χ0v) is 9.56. The first-order valence-electron chi connectivity index (χ1n) is 5.77. The Morgan fingerprint density at radius 3 is 3.00 bits per heavy atom.